The Morgan fingerprint density at radius 3 is 2.79 bits per heavy atom. The highest BCUT2D eigenvalue weighted by Gasteiger charge is 2.21. The van der Waals surface area contributed by atoms with Gasteiger partial charge in [0.1, 0.15) is 16.0 Å². The summed E-state index contributed by atoms with van der Waals surface area (Å²) in [6.07, 6.45) is 0. The van der Waals surface area contributed by atoms with Crippen LogP contribution in [0.5, 0.6) is 5.75 Å². The molecule has 0 amide bonds. The molecule has 2 N–H and O–H groups in total. The Morgan fingerprint density at radius 1 is 1.47 bits per heavy atom. The van der Waals surface area contributed by atoms with E-state index in [1.165, 1.54) is 6.07 Å². The van der Waals surface area contributed by atoms with Gasteiger partial charge in [-0.2, -0.15) is 0 Å². The molecule has 0 unspecified atom stereocenters. The number of hydrogen-bond donors (Lipinski definition) is 2. The topological polar surface area (TPSA) is 62.3 Å². The van der Waals surface area contributed by atoms with E-state index >= 15 is 0 Å². The Balaban J connectivity index is 2.84. The average Bonchev–Trinajstić information content (AvgIpc) is 2.34. The van der Waals surface area contributed by atoms with Crippen LogP contribution in [0.1, 0.15) is 17.3 Å². The van der Waals surface area contributed by atoms with Gasteiger partial charge in [-0.3, -0.25) is 0 Å². The summed E-state index contributed by atoms with van der Waals surface area (Å²) in [7, 11) is 0. The molecule has 7 heteroatoms. The third-order valence-electron chi connectivity index (χ3n) is 2.52. The maximum Gasteiger partial charge on any atom is 0.344 e. The third kappa shape index (κ3) is 2.17. The molecule has 19 heavy (non-hydrogen) atoms. The fraction of sp³-hybridized carbons (Fsp3) is 0.167. The van der Waals surface area contributed by atoms with Crippen LogP contribution in [-0.2, 0) is 4.74 Å². The van der Waals surface area contributed by atoms with Crippen molar-refractivity contribution in [2.45, 2.75) is 6.92 Å². The van der Waals surface area contributed by atoms with Crippen molar-refractivity contribution >= 4 is 29.1 Å². The summed E-state index contributed by atoms with van der Waals surface area (Å²) < 4.78 is 31.5. The first-order chi connectivity index (χ1) is 8.97. The Kier molecular flexibility index (Phi) is 3.48. The van der Waals surface area contributed by atoms with Crippen molar-refractivity contribution in [1.29, 1.82) is 0 Å². The smallest absolute Gasteiger partial charge is 0.344 e. The molecule has 1 aromatic carbocycles. The predicted octanol–water partition coefficient (Wildman–Crippen LogP) is 3.06. The monoisotopic (exact) mass is 285 g/mol. The van der Waals surface area contributed by atoms with Gasteiger partial charge < -0.3 is 14.8 Å². The third-order valence-corrected chi connectivity index (χ3v) is 2.83. The second-order valence-electron chi connectivity index (χ2n) is 3.68. The normalized spacial score (nSPS) is 10.7. The summed E-state index contributed by atoms with van der Waals surface area (Å²) in [5.41, 5.74) is -0.289. The van der Waals surface area contributed by atoms with Crippen molar-refractivity contribution in [1.82, 2.24) is 4.98 Å². The van der Waals surface area contributed by atoms with Crippen LogP contribution in [0.4, 0.5) is 8.78 Å². The summed E-state index contributed by atoms with van der Waals surface area (Å²) in [4.78, 5) is 14.2. The lowest BCUT2D eigenvalue weighted by molar-refractivity contribution is 0.0522. The quantitative estimate of drug-likeness (QED) is 0.657. The van der Waals surface area contributed by atoms with Crippen molar-refractivity contribution in [3.8, 4) is 5.75 Å². The number of carbonyl (C=O) groups is 1. The van der Waals surface area contributed by atoms with Crippen LogP contribution >= 0.6 is 12.2 Å². The lowest BCUT2D eigenvalue weighted by Crippen LogP contribution is -2.07. The van der Waals surface area contributed by atoms with E-state index in [1.54, 1.807) is 6.92 Å². The minimum Gasteiger partial charge on any atom is -0.506 e. The number of H-pyrrole nitrogens is 1. The molecule has 0 aliphatic carbocycles. The molecule has 100 valence electrons. The molecule has 0 fully saturated rings. The second-order valence-corrected chi connectivity index (χ2v) is 4.09. The Labute approximate surface area is 111 Å². The summed E-state index contributed by atoms with van der Waals surface area (Å²) in [6, 6.07) is 2.12. The fourth-order valence-electron chi connectivity index (χ4n) is 1.70. The maximum absolute atomic E-state index is 13.7. The van der Waals surface area contributed by atoms with E-state index in [0.29, 0.717) is 0 Å². The molecular weight excluding hydrogens is 276 g/mol. The number of carbonyl (C=O) groups excluding carboxylic acids is 1. The molecule has 4 nitrogen and oxygen atoms in total. The zero-order valence-electron chi connectivity index (χ0n) is 9.79. The fourth-order valence-corrected chi connectivity index (χ4v) is 1.99. The number of aromatic nitrogens is 1. The van der Waals surface area contributed by atoms with Crippen LogP contribution in [0.15, 0.2) is 12.1 Å². The SMILES string of the molecule is CCOC(=O)c1c(O)c2c(F)c(F)ccc2[nH]c1=S. The molecule has 0 atom stereocenters. The van der Waals surface area contributed by atoms with Gasteiger partial charge in [0, 0.05) is 0 Å². The molecule has 0 bridgehead atoms. The molecule has 0 saturated heterocycles. The average molecular weight is 285 g/mol. The van der Waals surface area contributed by atoms with Crippen LogP contribution in [0.25, 0.3) is 10.9 Å². The van der Waals surface area contributed by atoms with E-state index < -0.39 is 28.7 Å². The lowest BCUT2D eigenvalue weighted by atomic mass is 10.1. The van der Waals surface area contributed by atoms with Crippen LogP contribution in [0, 0.1) is 16.3 Å². The number of rotatable bonds is 2. The largest absolute Gasteiger partial charge is 0.506 e. The molecule has 0 aliphatic rings. The molecular formula is C12H9F2NO3S. The van der Waals surface area contributed by atoms with Gasteiger partial charge in [0.05, 0.1) is 17.5 Å². The Hall–Kier alpha value is -2.02. The van der Waals surface area contributed by atoms with Gasteiger partial charge in [0.2, 0.25) is 0 Å². The van der Waals surface area contributed by atoms with E-state index in [1.807, 2.05) is 0 Å². The Bertz CT molecular complexity index is 727. The minimum atomic E-state index is -1.26. The van der Waals surface area contributed by atoms with Gasteiger partial charge >= 0.3 is 5.97 Å². The zero-order valence-corrected chi connectivity index (χ0v) is 10.6. The molecule has 1 aromatic heterocycles. The number of halogens is 2. The molecule has 0 aliphatic heterocycles. The predicted molar refractivity (Wildman–Crippen MR) is 66.7 cm³/mol. The number of benzene rings is 1. The molecule has 1 heterocycles. The highest BCUT2D eigenvalue weighted by molar-refractivity contribution is 7.71. The van der Waals surface area contributed by atoms with Crippen molar-refractivity contribution in [2.75, 3.05) is 6.61 Å². The first-order valence-electron chi connectivity index (χ1n) is 5.37. The van der Waals surface area contributed by atoms with Crippen molar-refractivity contribution in [3.05, 3.63) is 34.0 Å². The molecule has 0 radical (unpaired) electrons. The van der Waals surface area contributed by atoms with E-state index in [9.17, 15) is 18.7 Å². The number of fused-ring (bicyclic) bond motifs is 1. The number of aromatic hydroxyl groups is 1. The highest BCUT2D eigenvalue weighted by Crippen LogP contribution is 2.31. The van der Waals surface area contributed by atoms with Crippen LogP contribution < -0.4 is 0 Å². The summed E-state index contributed by atoms with van der Waals surface area (Å²) in [5.74, 6) is -4.02. The molecule has 0 spiro atoms. The molecule has 2 rings (SSSR count). The number of ether oxygens (including phenoxy) is 1. The van der Waals surface area contributed by atoms with Crippen molar-refractivity contribution in [3.63, 3.8) is 0 Å². The van der Waals surface area contributed by atoms with Crippen LogP contribution in [-0.4, -0.2) is 22.7 Å². The maximum atomic E-state index is 13.7. The van der Waals surface area contributed by atoms with E-state index in [2.05, 4.69) is 4.98 Å². The van der Waals surface area contributed by atoms with Crippen molar-refractivity contribution < 1.29 is 23.4 Å². The van der Waals surface area contributed by atoms with Crippen LogP contribution in [0.2, 0.25) is 0 Å². The van der Waals surface area contributed by atoms with E-state index in [-0.39, 0.29) is 22.3 Å². The number of hydrogen-bond acceptors (Lipinski definition) is 4. The first kappa shape index (κ1) is 13.4. The minimum absolute atomic E-state index is 0.0662. The highest BCUT2D eigenvalue weighted by atomic mass is 32.1. The lowest BCUT2D eigenvalue weighted by Gasteiger charge is -2.09. The Morgan fingerprint density at radius 2 is 2.16 bits per heavy atom. The van der Waals surface area contributed by atoms with E-state index in [4.69, 9.17) is 17.0 Å². The van der Waals surface area contributed by atoms with Gasteiger partial charge in [0.15, 0.2) is 11.6 Å². The van der Waals surface area contributed by atoms with Gasteiger partial charge in [-0.25, -0.2) is 13.6 Å². The molecule has 2 aromatic rings. The molecule has 0 saturated carbocycles. The van der Waals surface area contributed by atoms with Gasteiger partial charge in [-0.15, -0.1) is 0 Å². The summed E-state index contributed by atoms with van der Waals surface area (Å²) in [6.45, 7) is 1.64. The van der Waals surface area contributed by atoms with Crippen molar-refractivity contribution in [2.24, 2.45) is 0 Å². The number of aromatic amines is 1. The summed E-state index contributed by atoms with van der Waals surface area (Å²) in [5, 5.41) is 9.50. The number of nitrogens with one attached hydrogen (secondary N) is 1. The number of pyridine rings is 1. The second kappa shape index (κ2) is 4.93. The zero-order chi connectivity index (χ0) is 14.2. The van der Waals surface area contributed by atoms with Gasteiger partial charge in [-0.1, -0.05) is 12.2 Å². The van der Waals surface area contributed by atoms with Crippen LogP contribution in [0.3, 0.4) is 0 Å². The standard InChI is InChI=1S/C12H9F2NO3S/c1-2-18-12(17)8-10(16)7-6(15-11(8)19)4-3-5(13)9(7)14/h3-4H,2H2,1H3,(H2,15,16,19). The number of esters is 1. The van der Waals surface area contributed by atoms with E-state index in [0.717, 1.165) is 6.07 Å². The van der Waals surface area contributed by atoms with Gasteiger partial charge in [-0.05, 0) is 19.1 Å². The first-order valence-corrected chi connectivity index (χ1v) is 5.78. The van der Waals surface area contributed by atoms with Gasteiger partial charge in [0.25, 0.3) is 0 Å². The summed E-state index contributed by atoms with van der Waals surface area (Å²) >= 11 is 4.90.